The topological polar surface area (TPSA) is 84.8 Å². The normalized spacial score (nSPS) is 12.5. The van der Waals surface area contributed by atoms with Crippen molar-refractivity contribution in [3.8, 4) is 0 Å². The summed E-state index contributed by atoms with van der Waals surface area (Å²) < 4.78 is 37.7. The van der Waals surface area contributed by atoms with Gasteiger partial charge in [-0.25, -0.2) is 0 Å². The van der Waals surface area contributed by atoms with E-state index < -0.39 is 6.10 Å². The molecule has 29 heavy (non-hydrogen) atoms. The van der Waals surface area contributed by atoms with Crippen LogP contribution in [0.25, 0.3) is 0 Å². The van der Waals surface area contributed by atoms with Crippen LogP contribution in [0.5, 0.6) is 0 Å². The first-order chi connectivity index (χ1) is 14.3. The lowest BCUT2D eigenvalue weighted by atomic mass is 10.4. The van der Waals surface area contributed by atoms with E-state index >= 15 is 0 Å². The number of unbranched alkanes of at least 4 members (excludes halogenated alkanes) is 2. The fraction of sp³-hybridized carbons (Fsp3) is 1.00. The molecule has 1 N–H and O–H groups in total. The lowest BCUT2D eigenvalue weighted by Crippen LogP contribution is -2.24. The highest BCUT2D eigenvalue weighted by molar-refractivity contribution is 4.51. The highest BCUT2D eigenvalue weighted by Gasteiger charge is 2.04. The average Bonchev–Trinajstić information content (AvgIpc) is 2.72. The Morgan fingerprint density at radius 3 is 1.03 bits per heavy atom. The summed E-state index contributed by atoms with van der Waals surface area (Å²) in [5.74, 6) is 0. The number of aliphatic hydroxyl groups is 1. The van der Waals surface area contributed by atoms with Crippen LogP contribution in [-0.4, -0.2) is 104 Å². The van der Waals surface area contributed by atoms with Gasteiger partial charge in [-0.05, 0) is 12.8 Å². The molecule has 0 amide bonds. The maximum Gasteiger partial charge on any atom is 0.101 e. The Morgan fingerprint density at radius 2 is 0.724 bits per heavy atom. The third-order valence-corrected chi connectivity index (χ3v) is 3.76. The van der Waals surface area contributed by atoms with Crippen molar-refractivity contribution in [1.82, 2.24) is 0 Å². The van der Waals surface area contributed by atoms with E-state index in [0.717, 1.165) is 38.9 Å². The maximum absolute atomic E-state index is 9.73. The Bertz CT molecular complexity index is 294. The summed E-state index contributed by atoms with van der Waals surface area (Å²) in [6, 6.07) is 0. The second kappa shape index (κ2) is 25.7. The Labute approximate surface area is 177 Å². The van der Waals surface area contributed by atoms with Gasteiger partial charge in [0.05, 0.1) is 79.3 Å². The molecule has 0 aromatic rings. The third-order valence-electron chi connectivity index (χ3n) is 3.76. The molecule has 176 valence electrons. The molecule has 0 fully saturated rings. The summed E-state index contributed by atoms with van der Waals surface area (Å²) in [4.78, 5) is 0. The zero-order valence-electron chi connectivity index (χ0n) is 18.6. The summed E-state index contributed by atoms with van der Waals surface area (Å²) in [6.07, 6.45) is 3.80. The SMILES string of the molecule is CCCCOCCOCCOCCOCCOC[C@H](O)COCCOCCCC. The fourth-order valence-electron chi connectivity index (χ4n) is 2.08. The molecule has 1 atom stereocenters. The van der Waals surface area contributed by atoms with Gasteiger partial charge in [0.25, 0.3) is 0 Å². The minimum Gasteiger partial charge on any atom is -0.388 e. The molecule has 0 aliphatic heterocycles. The molecule has 0 spiro atoms. The van der Waals surface area contributed by atoms with Crippen LogP contribution in [0, 0.1) is 0 Å². The minimum absolute atomic E-state index is 0.232. The molecule has 0 rings (SSSR count). The summed E-state index contributed by atoms with van der Waals surface area (Å²) in [6.45, 7) is 11.6. The molecule has 0 heterocycles. The van der Waals surface area contributed by atoms with E-state index in [9.17, 15) is 5.11 Å². The molecule has 0 radical (unpaired) electrons. The van der Waals surface area contributed by atoms with Crippen LogP contribution in [0.4, 0.5) is 0 Å². The lowest BCUT2D eigenvalue weighted by Gasteiger charge is -2.12. The molecule has 0 bridgehead atoms. The second-order valence-electron chi connectivity index (χ2n) is 6.57. The summed E-state index contributed by atoms with van der Waals surface area (Å²) in [5.41, 5.74) is 0. The predicted octanol–water partition coefficient (Wildman–Crippen LogP) is 2.06. The summed E-state index contributed by atoms with van der Waals surface area (Å²) in [5, 5.41) is 9.73. The first kappa shape index (κ1) is 28.7. The molecular weight excluding hydrogens is 380 g/mol. The van der Waals surface area contributed by atoms with E-state index in [4.69, 9.17) is 33.2 Å². The minimum atomic E-state index is -0.633. The van der Waals surface area contributed by atoms with E-state index in [0.29, 0.717) is 66.1 Å². The van der Waals surface area contributed by atoms with Crippen LogP contribution in [-0.2, 0) is 33.2 Å². The Kier molecular flexibility index (Phi) is 25.4. The quantitative estimate of drug-likeness (QED) is 0.223. The van der Waals surface area contributed by atoms with Crippen molar-refractivity contribution in [1.29, 1.82) is 0 Å². The van der Waals surface area contributed by atoms with Gasteiger partial charge in [-0.2, -0.15) is 0 Å². The van der Waals surface area contributed by atoms with Gasteiger partial charge in [-0.3, -0.25) is 0 Å². The molecule has 0 unspecified atom stereocenters. The van der Waals surface area contributed by atoms with Crippen molar-refractivity contribution in [2.75, 3.05) is 92.5 Å². The van der Waals surface area contributed by atoms with Gasteiger partial charge in [0.1, 0.15) is 6.10 Å². The number of hydrogen-bond donors (Lipinski definition) is 1. The molecule has 0 aliphatic rings. The van der Waals surface area contributed by atoms with Crippen molar-refractivity contribution in [3.05, 3.63) is 0 Å². The van der Waals surface area contributed by atoms with Gasteiger partial charge in [-0.15, -0.1) is 0 Å². The zero-order valence-corrected chi connectivity index (χ0v) is 18.6. The van der Waals surface area contributed by atoms with Crippen LogP contribution in [0.3, 0.4) is 0 Å². The number of ether oxygens (including phenoxy) is 7. The van der Waals surface area contributed by atoms with Crippen molar-refractivity contribution in [2.24, 2.45) is 0 Å². The molecular formula is C21H44O8. The molecule has 0 saturated carbocycles. The monoisotopic (exact) mass is 424 g/mol. The smallest absolute Gasteiger partial charge is 0.101 e. The van der Waals surface area contributed by atoms with E-state index in [1.54, 1.807) is 0 Å². The number of rotatable bonds is 25. The Hall–Kier alpha value is -0.320. The molecule has 0 saturated heterocycles. The molecule has 0 aromatic carbocycles. The maximum atomic E-state index is 9.73. The summed E-state index contributed by atoms with van der Waals surface area (Å²) in [7, 11) is 0. The highest BCUT2D eigenvalue weighted by Crippen LogP contribution is 1.91. The second-order valence-corrected chi connectivity index (χ2v) is 6.57. The van der Waals surface area contributed by atoms with Crippen molar-refractivity contribution in [3.63, 3.8) is 0 Å². The van der Waals surface area contributed by atoms with Crippen molar-refractivity contribution < 1.29 is 38.3 Å². The van der Waals surface area contributed by atoms with Crippen molar-refractivity contribution >= 4 is 0 Å². The van der Waals surface area contributed by atoms with Gasteiger partial charge in [-0.1, -0.05) is 26.7 Å². The first-order valence-corrected chi connectivity index (χ1v) is 11.0. The predicted molar refractivity (Wildman–Crippen MR) is 112 cm³/mol. The molecule has 0 aromatic heterocycles. The zero-order chi connectivity index (χ0) is 21.3. The number of hydrogen-bond acceptors (Lipinski definition) is 8. The van der Waals surface area contributed by atoms with Gasteiger partial charge < -0.3 is 38.3 Å². The van der Waals surface area contributed by atoms with Crippen LogP contribution >= 0.6 is 0 Å². The van der Waals surface area contributed by atoms with E-state index in [-0.39, 0.29) is 13.2 Å². The Morgan fingerprint density at radius 1 is 0.448 bits per heavy atom. The highest BCUT2D eigenvalue weighted by atomic mass is 16.6. The summed E-state index contributed by atoms with van der Waals surface area (Å²) >= 11 is 0. The standard InChI is InChI=1S/C21H44O8/c1-3-5-7-23-9-10-25-11-12-26-13-14-27-16-18-29-20-21(22)19-28-17-15-24-8-6-4-2/h21-22H,3-20H2,1-2H3/t21-/m1/s1. The van der Waals surface area contributed by atoms with Crippen LogP contribution in [0.15, 0.2) is 0 Å². The number of aliphatic hydroxyl groups excluding tert-OH is 1. The van der Waals surface area contributed by atoms with E-state index in [1.807, 2.05) is 0 Å². The lowest BCUT2D eigenvalue weighted by molar-refractivity contribution is -0.0460. The molecule has 8 heteroatoms. The first-order valence-electron chi connectivity index (χ1n) is 11.0. The third kappa shape index (κ3) is 25.6. The van der Waals surface area contributed by atoms with Crippen molar-refractivity contribution in [2.45, 2.75) is 45.6 Å². The van der Waals surface area contributed by atoms with E-state index in [1.165, 1.54) is 0 Å². The van der Waals surface area contributed by atoms with Gasteiger partial charge in [0.2, 0.25) is 0 Å². The fourth-order valence-corrected chi connectivity index (χ4v) is 2.08. The average molecular weight is 425 g/mol. The van der Waals surface area contributed by atoms with Crippen LogP contribution in [0.1, 0.15) is 39.5 Å². The van der Waals surface area contributed by atoms with Crippen LogP contribution in [0.2, 0.25) is 0 Å². The Balaban J connectivity index is 3.10. The molecule has 8 nitrogen and oxygen atoms in total. The van der Waals surface area contributed by atoms with Gasteiger partial charge in [0.15, 0.2) is 0 Å². The van der Waals surface area contributed by atoms with E-state index in [2.05, 4.69) is 13.8 Å². The molecule has 0 aliphatic carbocycles. The van der Waals surface area contributed by atoms with Gasteiger partial charge >= 0.3 is 0 Å². The van der Waals surface area contributed by atoms with Gasteiger partial charge in [0, 0.05) is 13.2 Å². The van der Waals surface area contributed by atoms with Crippen LogP contribution < -0.4 is 0 Å². The largest absolute Gasteiger partial charge is 0.388 e.